The average Bonchev–Trinajstić information content (AvgIpc) is 2.82. The molecule has 0 radical (unpaired) electrons. The Bertz CT molecular complexity index is 307. The molecule has 1 aliphatic heterocycles. The van der Waals surface area contributed by atoms with Gasteiger partial charge in [-0.3, -0.25) is 9.69 Å². The van der Waals surface area contributed by atoms with E-state index in [0.717, 1.165) is 0 Å². The van der Waals surface area contributed by atoms with Crippen molar-refractivity contribution in [3.8, 4) is 0 Å². The molecule has 1 saturated heterocycles. The van der Waals surface area contributed by atoms with Crippen LogP contribution < -0.4 is 5.32 Å². The average molecular weight is 272 g/mol. The Balaban J connectivity index is 0.00000154. The maximum Gasteiger partial charge on any atom is 0.323 e. The van der Waals surface area contributed by atoms with Crippen molar-refractivity contribution in [2.24, 2.45) is 5.92 Å². The molecule has 0 aromatic heterocycles. The number of hydrogen-bond acceptors (Lipinski definition) is 4. The summed E-state index contributed by atoms with van der Waals surface area (Å²) in [5, 5.41) is 11.5. The molecule has 6 heteroatoms. The second-order valence-electron chi connectivity index (χ2n) is 3.98. The first-order valence-corrected chi connectivity index (χ1v) is 6.52. The molecule has 1 heterocycles. The van der Waals surface area contributed by atoms with Crippen molar-refractivity contribution >= 4 is 12.3 Å². The first-order chi connectivity index (χ1) is 9.13. The molecule has 19 heavy (non-hydrogen) atoms. The third-order valence-corrected chi connectivity index (χ3v) is 2.70. The van der Waals surface area contributed by atoms with Crippen molar-refractivity contribution in [3.05, 3.63) is 12.3 Å². The van der Waals surface area contributed by atoms with Crippen LogP contribution in [0.25, 0.3) is 0 Å². The fraction of sp³-hybridized carbons (Fsp3) is 0.692. The fourth-order valence-corrected chi connectivity index (χ4v) is 1.90. The molecule has 110 valence electrons. The normalized spacial score (nSPS) is 25.6. The molecule has 0 aromatic carbocycles. The standard InChI is InChI=1S/C11H18N2O4.C2H6/c1-8-6-9(7-15)17-10(8)13(4-3-5-14)11(16)12-2;1-2/h3-5,8-10,15H,6-7H2,1-2H3,(H,12,16);1-2H3/b4-3-;. The quantitative estimate of drug-likeness (QED) is 0.593. The highest BCUT2D eigenvalue weighted by Crippen LogP contribution is 2.28. The van der Waals surface area contributed by atoms with Crippen molar-refractivity contribution in [1.82, 2.24) is 10.2 Å². The zero-order valence-corrected chi connectivity index (χ0v) is 12.0. The number of nitrogens with zero attached hydrogens (tertiary/aromatic N) is 1. The van der Waals surface area contributed by atoms with Crippen LogP contribution in [0.5, 0.6) is 0 Å². The van der Waals surface area contributed by atoms with E-state index in [2.05, 4.69) is 5.32 Å². The van der Waals surface area contributed by atoms with Crippen molar-refractivity contribution in [1.29, 1.82) is 0 Å². The molecular formula is C13H24N2O4. The summed E-state index contributed by atoms with van der Waals surface area (Å²) >= 11 is 0. The van der Waals surface area contributed by atoms with Crippen LogP contribution in [0.3, 0.4) is 0 Å². The Labute approximate surface area is 114 Å². The van der Waals surface area contributed by atoms with Gasteiger partial charge in [0.15, 0.2) is 0 Å². The summed E-state index contributed by atoms with van der Waals surface area (Å²) in [6, 6.07) is -0.349. The molecule has 3 unspecified atom stereocenters. The number of nitrogens with one attached hydrogen (secondary N) is 1. The first-order valence-electron chi connectivity index (χ1n) is 6.52. The number of amides is 2. The second-order valence-corrected chi connectivity index (χ2v) is 3.98. The lowest BCUT2D eigenvalue weighted by Crippen LogP contribution is -2.44. The first kappa shape index (κ1) is 17.6. The highest BCUT2D eigenvalue weighted by Gasteiger charge is 2.37. The maximum atomic E-state index is 11.7. The van der Waals surface area contributed by atoms with E-state index < -0.39 is 6.23 Å². The predicted octanol–water partition coefficient (Wildman–Crippen LogP) is 1.11. The van der Waals surface area contributed by atoms with Crippen molar-refractivity contribution < 1.29 is 19.4 Å². The lowest BCUT2D eigenvalue weighted by atomic mass is 10.1. The number of carbonyl (C=O) groups excluding carboxylic acids is 2. The monoisotopic (exact) mass is 272 g/mol. The van der Waals surface area contributed by atoms with Gasteiger partial charge in [0.2, 0.25) is 0 Å². The second kappa shape index (κ2) is 9.52. The Kier molecular flexibility index (Phi) is 8.82. The lowest BCUT2D eigenvalue weighted by molar-refractivity contribution is -0.104. The van der Waals surface area contributed by atoms with Crippen LogP contribution in [0.4, 0.5) is 4.79 Å². The molecule has 0 aromatic rings. The van der Waals surface area contributed by atoms with Gasteiger partial charge in [-0.05, 0) is 12.5 Å². The number of rotatable bonds is 4. The van der Waals surface area contributed by atoms with Crippen molar-refractivity contribution in [3.63, 3.8) is 0 Å². The van der Waals surface area contributed by atoms with E-state index in [4.69, 9.17) is 9.84 Å². The molecule has 1 aliphatic rings. The third-order valence-electron chi connectivity index (χ3n) is 2.70. The van der Waals surface area contributed by atoms with Crippen molar-refractivity contribution in [2.75, 3.05) is 13.7 Å². The molecule has 3 atom stereocenters. The van der Waals surface area contributed by atoms with E-state index in [1.165, 1.54) is 24.2 Å². The highest BCUT2D eigenvalue weighted by molar-refractivity contribution is 5.76. The molecular weight excluding hydrogens is 248 g/mol. The summed E-state index contributed by atoms with van der Waals surface area (Å²) in [4.78, 5) is 23.3. The molecule has 0 spiro atoms. The summed E-state index contributed by atoms with van der Waals surface area (Å²) in [7, 11) is 1.51. The van der Waals surface area contributed by atoms with Crippen LogP contribution in [0, 0.1) is 5.92 Å². The number of aliphatic hydroxyl groups excluding tert-OH is 1. The van der Waals surface area contributed by atoms with Gasteiger partial charge in [0.05, 0.1) is 12.7 Å². The highest BCUT2D eigenvalue weighted by atomic mass is 16.5. The smallest absolute Gasteiger partial charge is 0.323 e. The molecule has 2 amide bonds. The van der Waals surface area contributed by atoms with E-state index in [-0.39, 0.29) is 24.7 Å². The summed E-state index contributed by atoms with van der Waals surface area (Å²) in [5.74, 6) is 0.0979. The zero-order chi connectivity index (χ0) is 14.8. The van der Waals surface area contributed by atoms with E-state index in [1.54, 1.807) is 0 Å². The zero-order valence-electron chi connectivity index (χ0n) is 12.0. The minimum Gasteiger partial charge on any atom is -0.394 e. The van der Waals surface area contributed by atoms with Gasteiger partial charge >= 0.3 is 6.03 Å². The fourth-order valence-electron chi connectivity index (χ4n) is 1.90. The summed E-state index contributed by atoms with van der Waals surface area (Å²) < 4.78 is 5.55. The number of carbonyl (C=O) groups is 2. The number of aliphatic hydroxyl groups is 1. The molecule has 0 aliphatic carbocycles. The molecule has 1 fully saturated rings. The van der Waals surface area contributed by atoms with E-state index in [9.17, 15) is 9.59 Å². The number of urea groups is 1. The van der Waals surface area contributed by atoms with E-state index >= 15 is 0 Å². The van der Waals surface area contributed by atoms with Gasteiger partial charge in [0, 0.05) is 19.2 Å². The number of allylic oxidation sites excluding steroid dienone is 1. The molecule has 0 bridgehead atoms. The Hall–Kier alpha value is -1.40. The van der Waals surface area contributed by atoms with Gasteiger partial charge in [-0.25, -0.2) is 4.79 Å². The SMILES string of the molecule is CC.CNC(=O)N(/C=C\C=O)C1OC(CO)CC1C. The van der Waals surface area contributed by atoms with Crippen molar-refractivity contribution in [2.45, 2.75) is 39.5 Å². The predicted molar refractivity (Wildman–Crippen MR) is 72.4 cm³/mol. The number of aldehydes is 1. The van der Waals surface area contributed by atoms with Gasteiger partial charge in [-0.1, -0.05) is 20.8 Å². The van der Waals surface area contributed by atoms with Gasteiger partial charge in [0.25, 0.3) is 0 Å². The summed E-state index contributed by atoms with van der Waals surface area (Å²) in [6.45, 7) is 5.87. The van der Waals surface area contributed by atoms with E-state index in [1.807, 2.05) is 20.8 Å². The van der Waals surface area contributed by atoms with Crippen LogP contribution in [0.2, 0.25) is 0 Å². The maximum absolute atomic E-state index is 11.7. The number of ether oxygens (including phenoxy) is 1. The van der Waals surface area contributed by atoms with Crippen LogP contribution >= 0.6 is 0 Å². The topological polar surface area (TPSA) is 78.9 Å². The summed E-state index contributed by atoms with van der Waals surface area (Å²) in [5.41, 5.74) is 0. The summed E-state index contributed by atoms with van der Waals surface area (Å²) in [6.07, 6.45) is 3.18. The Morgan fingerprint density at radius 3 is 2.58 bits per heavy atom. The minimum absolute atomic E-state index is 0.0696. The Morgan fingerprint density at radius 1 is 1.53 bits per heavy atom. The van der Waals surface area contributed by atoms with Crippen LogP contribution in [-0.4, -0.2) is 48.3 Å². The van der Waals surface area contributed by atoms with Gasteiger partial charge in [-0.2, -0.15) is 0 Å². The minimum atomic E-state index is -0.455. The van der Waals surface area contributed by atoms with Gasteiger partial charge in [-0.15, -0.1) is 0 Å². The van der Waals surface area contributed by atoms with Gasteiger partial charge in [0.1, 0.15) is 12.5 Å². The Morgan fingerprint density at radius 2 is 2.16 bits per heavy atom. The third kappa shape index (κ3) is 5.00. The molecule has 0 saturated carbocycles. The lowest BCUT2D eigenvalue weighted by Gasteiger charge is -2.27. The van der Waals surface area contributed by atoms with Crippen LogP contribution in [0.15, 0.2) is 12.3 Å². The van der Waals surface area contributed by atoms with Crippen LogP contribution in [-0.2, 0) is 9.53 Å². The van der Waals surface area contributed by atoms with Crippen LogP contribution in [0.1, 0.15) is 27.2 Å². The molecule has 6 nitrogen and oxygen atoms in total. The largest absolute Gasteiger partial charge is 0.394 e. The number of hydrogen-bond donors (Lipinski definition) is 2. The molecule has 1 rings (SSSR count). The van der Waals surface area contributed by atoms with Gasteiger partial charge < -0.3 is 15.2 Å². The molecule has 2 N–H and O–H groups in total. The van der Waals surface area contributed by atoms with E-state index in [0.29, 0.717) is 12.7 Å².